The predicted octanol–water partition coefficient (Wildman–Crippen LogP) is 2.86. The Labute approximate surface area is 189 Å². The van der Waals surface area contributed by atoms with E-state index in [0.29, 0.717) is 24.7 Å². The Kier molecular flexibility index (Phi) is 8.42. The Morgan fingerprint density at radius 3 is 2.91 bits per heavy atom. The number of nitrogens with one attached hydrogen (secondary N) is 1. The lowest BCUT2D eigenvalue weighted by Gasteiger charge is -2.32. The summed E-state index contributed by atoms with van der Waals surface area (Å²) in [4.78, 5) is 13.7. The summed E-state index contributed by atoms with van der Waals surface area (Å²) in [6.07, 6.45) is 7.55. The highest BCUT2D eigenvalue weighted by molar-refractivity contribution is 5.72. The number of terminal acetylenes is 1. The quantitative estimate of drug-likeness (QED) is 0.277. The van der Waals surface area contributed by atoms with Gasteiger partial charge in [0.05, 0.1) is 19.3 Å². The average Bonchev–Trinajstić information content (AvgIpc) is 2.80. The molecule has 32 heavy (non-hydrogen) atoms. The fourth-order valence-electron chi connectivity index (χ4n) is 3.71. The van der Waals surface area contributed by atoms with Crippen LogP contribution >= 0.6 is 0 Å². The van der Waals surface area contributed by atoms with Gasteiger partial charge in [-0.2, -0.15) is 0 Å². The Hall–Kier alpha value is -3.15. The Balaban J connectivity index is 1.74. The molecule has 2 aromatic rings. The van der Waals surface area contributed by atoms with Crippen molar-refractivity contribution in [3.63, 3.8) is 0 Å². The molecule has 1 N–H and O–H groups in total. The zero-order valence-electron chi connectivity index (χ0n) is 18.9. The van der Waals surface area contributed by atoms with E-state index in [1.54, 1.807) is 6.07 Å². The van der Waals surface area contributed by atoms with Gasteiger partial charge in [0.1, 0.15) is 11.6 Å². The van der Waals surface area contributed by atoms with Crippen LogP contribution in [0.1, 0.15) is 30.9 Å². The van der Waals surface area contributed by atoms with Crippen LogP contribution in [-0.4, -0.2) is 67.3 Å². The van der Waals surface area contributed by atoms with Crippen molar-refractivity contribution in [2.75, 3.05) is 45.5 Å². The zero-order valence-corrected chi connectivity index (χ0v) is 18.9. The molecule has 0 radical (unpaired) electrons. The van der Waals surface area contributed by atoms with Crippen LogP contribution in [0.4, 0.5) is 5.82 Å². The number of anilines is 1. The minimum atomic E-state index is -0.219. The van der Waals surface area contributed by atoms with Gasteiger partial charge >= 0.3 is 5.97 Å². The third kappa shape index (κ3) is 6.19. The van der Waals surface area contributed by atoms with E-state index in [2.05, 4.69) is 26.3 Å². The summed E-state index contributed by atoms with van der Waals surface area (Å²) in [5.41, 5.74) is 3.21. The summed E-state index contributed by atoms with van der Waals surface area (Å²) in [5, 5.41) is 12.3. The zero-order chi connectivity index (χ0) is 22.9. The average molecular weight is 439 g/mol. The number of hydrogen-bond donors (Lipinski definition) is 1. The highest BCUT2D eigenvalue weighted by Crippen LogP contribution is 2.32. The number of esters is 1. The SMILES string of the molecule is C#Cc1ccc(-c2nnc(N[C@@H]3CCCN(CC(=O)OC)C3)cc2C)c(OCOCC)c1. The van der Waals surface area contributed by atoms with Gasteiger partial charge in [-0.1, -0.05) is 5.92 Å². The number of rotatable bonds is 9. The van der Waals surface area contributed by atoms with Gasteiger partial charge in [-0.05, 0) is 63.1 Å². The second-order valence-corrected chi connectivity index (χ2v) is 7.67. The van der Waals surface area contributed by atoms with E-state index in [-0.39, 0.29) is 18.8 Å². The molecule has 0 amide bonds. The lowest BCUT2D eigenvalue weighted by atomic mass is 10.0. The first-order chi connectivity index (χ1) is 15.5. The first-order valence-corrected chi connectivity index (χ1v) is 10.8. The summed E-state index contributed by atoms with van der Waals surface area (Å²) in [6.45, 7) is 6.52. The highest BCUT2D eigenvalue weighted by atomic mass is 16.7. The smallest absolute Gasteiger partial charge is 0.319 e. The number of carbonyl (C=O) groups is 1. The lowest BCUT2D eigenvalue weighted by Crippen LogP contribution is -2.44. The van der Waals surface area contributed by atoms with Gasteiger partial charge in [0, 0.05) is 30.3 Å². The second kappa shape index (κ2) is 11.5. The van der Waals surface area contributed by atoms with Crippen LogP contribution in [0.25, 0.3) is 11.3 Å². The molecule has 1 aromatic carbocycles. The van der Waals surface area contributed by atoms with Crippen LogP contribution in [0.5, 0.6) is 5.75 Å². The van der Waals surface area contributed by atoms with Gasteiger partial charge in [-0.25, -0.2) is 0 Å². The first kappa shape index (κ1) is 23.5. The van der Waals surface area contributed by atoms with E-state index >= 15 is 0 Å². The van der Waals surface area contributed by atoms with Gasteiger partial charge < -0.3 is 19.5 Å². The molecular formula is C24H30N4O4. The van der Waals surface area contributed by atoms with Crippen LogP contribution in [0, 0.1) is 19.3 Å². The fraction of sp³-hybridized carbons (Fsp3) is 0.458. The summed E-state index contributed by atoms with van der Waals surface area (Å²) >= 11 is 0. The molecule has 1 aromatic heterocycles. The van der Waals surface area contributed by atoms with Crippen molar-refractivity contribution >= 4 is 11.8 Å². The third-order valence-corrected chi connectivity index (χ3v) is 5.33. The first-order valence-electron chi connectivity index (χ1n) is 10.8. The number of carbonyl (C=O) groups excluding carboxylic acids is 1. The van der Waals surface area contributed by atoms with Crippen molar-refractivity contribution in [1.82, 2.24) is 15.1 Å². The summed E-state index contributed by atoms with van der Waals surface area (Å²) in [5.74, 6) is 3.72. The van der Waals surface area contributed by atoms with Crippen molar-refractivity contribution in [3.05, 3.63) is 35.4 Å². The van der Waals surface area contributed by atoms with Gasteiger partial charge in [-0.15, -0.1) is 16.6 Å². The van der Waals surface area contributed by atoms with Crippen LogP contribution in [0.3, 0.4) is 0 Å². The number of piperidine rings is 1. The number of benzene rings is 1. The van der Waals surface area contributed by atoms with Crippen LogP contribution in [0.15, 0.2) is 24.3 Å². The molecule has 0 bridgehead atoms. The van der Waals surface area contributed by atoms with Crippen molar-refractivity contribution in [2.24, 2.45) is 0 Å². The monoisotopic (exact) mass is 438 g/mol. The molecule has 8 nitrogen and oxygen atoms in total. The molecule has 1 aliphatic heterocycles. The third-order valence-electron chi connectivity index (χ3n) is 5.33. The molecule has 1 fully saturated rings. The van der Waals surface area contributed by atoms with E-state index in [0.717, 1.165) is 48.3 Å². The number of methoxy groups -OCH3 is 1. The number of ether oxygens (including phenoxy) is 3. The number of hydrogen-bond acceptors (Lipinski definition) is 8. The molecule has 0 aliphatic carbocycles. The maximum absolute atomic E-state index is 11.6. The van der Waals surface area contributed by atoms with Gasteiger partial charge in [0.25, 0.3) is 0 Å². The molecular weight excluding hydrogens is 408 g/mol. The standard InChI is InChI=1S/C24H30N4O4/c1-5-18-9-10-20(21(13-18)32-16-31-6-2)24-17(3)12-22(26-27-24)25-19-8-7-11-28(14-19)15-23(29)30-4/h1,9-10,12-13,19H,6-8,11,14-16H2,2-4H3,(H,25,26)/t19-/m1/s1. The molecule has 1 aliphatic rings. The predicted molar refractivity (Wildman–Crippen MR) is 122 cm³/mol. The fourth-order valence-corrected chi connectivity index (χ4v) is 3.71. The van der Waals surface area contributed by atoms with Gasteiger partial charge in [0.2, 0.25) is 0 Å². The molecule has 1 saturated heterocycles. The largest absolute Gasteiger partial charge is 0.468 e. The van der Waals surface area contributed by atoms with E-state index in [9.17, 15) is 4.79 Å². The van der Waals surface area contributed by atoms with E-state index in [4.69, 9.17) is 20.6 Å². The maximum Gasteiger partial charge on any atom is 0.319 e. The van der Waals surface area contributed by atoms with E-state index in [1.165, 1.54) is 7.11 Å². The van der Waals surface area contributed by atoms with Crippen molar-refractivity contribution < 1.29 is 19.0 Å². The molecule has 0 saturated carbocycles. The molecule has 0 unspecified atom stereocenters. The Morgan fingerprint density at radius 1 is 1.34 bits per heavy atom. The lowest BCUT2D eigenvalue weighted by molar-refractivity contribution is -0.142. The van der Waals surface area contributed by atoms with Gasteiger partial charge in [-0.3, -0.25) is 9.69 Å². The number of likely N-dealkylation sites (tertiary alicyclic amines) is 1. The van der Waals surface area contributed by atoms with Crippen LogP contribution < -0.4 is 10.1 Å². The number of aryl methyl sites for hydroxylation is 1. The molecule has 0 spiro atoms. The minimum Gasteiger partial charge on any atom is -0.468 e. The molecule has 8 heteroatoms. The van der Waals surface area contributed by atoms with E-state index in [1.807, 2.05) is 32.0 Å². The number of aromatic nitrogens is 2. The highest BCUT2D eigenvalue weighted by Gasteiger charge is 2.22. The maximum atomic E-state index is 11.6. The summed E-state index contributed by atoms with van der Waals surface area (Å²) < 4.78 is 15.9. The van der Waals surface area contributed by atoms with Crippen molar-refractivity contribution in [2.45, 2.75) is 32.7 Å². The number of nitrogens with zero attached hydrogens (tertiary/aromatic N) is 3. The van der Waals surface area contributed by atoms with Gasteiger partial charge in [0.15, 0.2) is 6.79 Å². The normalized spacial score (nSPS) is 16.2. The summed E-state index contributed by atoms with van der Waals surface area (Å²) in [7, 11) is 1.41. The topological polar surface area (TPSA) is 85.8 Å². The minimum absolute atomic E-state index is 0.132. The van der Waals surface area contributed by atoms with E-state index < -0.39 is 0 Å². The Bertz CT molecular complexity index is 973. The molecule has 1 atom stereocenters. The molecule has 170 valence electrons. The van der Waals surface area contributed by atoms with Crippen molar-refractivity contribution in [3.8, 4) is 29.4 Å². The van der Waals surface area contributed by atoms with Crippen LogP contribution in [-0.2, 0) is 14.3 Å². The second-order valence-electron chi connectivity index (χ2n) is 7.67. The molecule has 2 heterocycles. The van der Waals surface area contributed by atoms with Crippen molar-refractivity contribution in [1.29, 1.82) is 0 Å². The molecule has 3 rings (SSSR count). The summed E-state index contributed by atoms with van der Waals surface area (Å²) in [6, 6.07) is 7.72. The Morgan fingerprint density at radius 2 is 2.19 bits per heavy atom. The van der Waals surface area contributed by atoms with Crippen LogP contribution in [0.2, 0.25) is 0 Å².